The first kappa shape index (κ1) is 25.2. The summed E-state index contributed by atoms with van der Waals surface area (Å²) in [6, 6.07) is 23.6. The number of anilines is 1. The molecule has 0 spiro atoms. The molecule has 0 saturated carbocycles. The predicted octanol–water partition coefficient (Wildman–Crippen LogP) is 6.07. The van der Waals surface area contributed by atoms with Crippen LogP contribution in [0.2, 0.25) is 10.0 Å². The summed E-state index contributed by atoms with van der Waals surface area (Å²) >= 11 is 11.9. The summed E-state index contributed by atoms with van der Waals surface area (Å²) in [7, 11) is 0. The van der Waals surface area contributed by atoms with Crippen molar-refractivity contribution in [1.82, 2.24) is 4.90 Å². The van der Waals surface area contributed by atoms with Crippen LogP contribution in [-0.2, 0) is 14.4 Å². The van der Waals surface area contributed by atoms with E-state index in [1.54, 1.807) is 24.3 Å². The number of benzene rings is 3. The molecule has 3 aromatic carbocycles. The Labute approximate surface area is 219 Å². The minimum atomic E-state index is -0.491. The normalized spacial score (nSPS) is 16.1. The van der Waals surface area contributed by atoms with Gasteiger partial charge in [-0.3, -0.25) is 14.4 Å². The van der Waals surface area contributed by atoms with Crippen molar-refractivity contribution in [2.24, 2.45) is 0 Å². The van der Waals surface area contributed by atoms with E-state index in [0.717, 1.165) is 17.2 Å². The van der Waals surface area contributed by atoms with Gasteiger partial charge in [0, 0.05) is 29.0 Å². The number of carbonyl (C=O) groups is 3. The van der Waals surface area contributed by atoms with Crippen LogP contribution in [0.3, 0.4) is 0 Å². The zero-order valence-electron chi connectivity index (χ0n) is 19.2. The molecule has 36 heavy (non-hydrogen) atoms. The van der Waals surface area contributed by atoms with E-state index >= 15 is 0 Å². The maximum atomic E-state index is 13.2. The lowest BCUT2D eigenvalue weighted by Crippen LogP contribution is -2.41. The Hall–Kier alpha value is -3.93. The highest BCUT2D eigenvalue weighted by atomic mass is 35.5. The maximum absolute atomic E-state index is 13.2. The van der Waals surface area contributed by atoms with Crippen molar-refractivity contribution in [3.8, 4) is 0 Å². The maximum Gasteiger partial charge on any atom is 0.248 e. The molecule has 1 aliphatic rings. The van der Waals surface area contributed by atoms with Crippen LogP contribution in [0.25, 0.3) is 12.2 Å². The third kappa shape index (κ3) is 6.60. The van der Waals surface area contributed by atoms with Gasteiger partial charge in [-0.2, -0.15) is 0 Å². The molecule has 2 amide bonds. The smallest absolute Gasteiger partial charge is 0.248 e. The van der Waals surface area contributed by atoms with Gasteiger partial charge in [0.15, 0.2) is 5.78 Å². The Morgan fingerprint density at radius 1 is 0.750 bits per heavy atom. The molecule has 1 N–H and O–H groups in total. The standard InChI is InChI=1S/C29H22Cl2N2O3/c30-25-12-11-24(17-26(25)31)32-27(34)13-14-28(35)33-18-22(15-20-7-3-1-4-8-20)29(36)23(19-33)16-21-9-5-2-6-10-21/h1-17H,18-19H2,(H,32,34)/b14-13+,22-15+,23-16+. The molecule has 1 aliphatic heterocycles. The molecule has 0 radical (unpaired) electrons. The Kier molecular flexibility index (Phi) is 8.16. The Balaban J connectivity index is 1.54. The molecule has 0 aromatic heterocycles. The summed E-state index contributed by atoms with van der Waals surface area (Å²) in [6.07, 6.45) is 5.94. The van der Waals surface area contributed by atoms with Gasteiger partial charge < -0.3 is 10.2 Å². The van der Waals surface area contributed by atoms with E-state index < -0.39 is 5.91 Å². The first-order valence-corrected chi connectivity index (χ1v) is 11.9. The predicted molar refractivity (Wildman–Crippen MR) is 145 cm³/mol. The molecular formula is C29H22Cl2N2O3. The highest BCUT2D eigenvalue weighted by molar-refractivity contribution is 6.42. The van der Waals surface area contributed by atoms with Gasteiger partial charge in [-0.1, -0.05) is 83.9 Å². The van der Waals surface area contributed by atoms with Gasteiger partial charge in [-0.25, -0.2) is 0 Å². The first-order valence-electron chi connectivity index (χ1n) is 11.2. The molecule has 180 valence electrons. The molecule has 0 bridgehead atoms. The van der Waals surface area contributed by atoms with Gasteiger partial charge in [0.05, 0.1) is 23.1 Å². The van der Waals surface area contributed by atoms with Gasteiger partial charge in [0.2, 0.25) is 11.8 Å². The highest BCUT2D eigenvalue weighted by Crippen LogP contribution is 2.25. The Bertz CT molecular complexity index is 1320. The van der Waals surface area contributed by atoms with Gasteiger partial charge in [0.25, 0.3) is 0 Å². The molecule has 1 fully saturated rings. The van der Waals surface area contributed by atoms with E-state index in [0.29, 0.717) is 26.9 Å². The van der Waals surface area contributed by atoms with Crippen LogP contribution >= 0.6 is 23.2 Å². The fourth-order valence-electron chi connectivity index (χ4n) is 3.71. The second-order valence-electron chi connectivity index (χ2n) is 8.14. The number of nitrogens with zero attached hydrogens (tertiary/aromatic N) is 1. The van der Waals surface area contributed by atoms with Gasteiger partial charge >= 0.3 is 0 Å². The fourth-order valence-corrected chi connectivity index (χ4v) is 4.00. The van der Waals surface area contributed by atoms with Crippen LogP contribution in [0.1, 0.15) is 11.1 Å². The van der Waals surface area contributed by atoms with Crippen LogP contribution in [0, 0.1) is 0 Å². The number of ketones is 1. The third-order valence-electron chi connectivity index (χ3n) is 5.46. The first-order chi connectivity index (χ1) is 17.4. The van der Waals surface area contributed by atoms with Crippen LogP contribution < -0.4 is 5.32 Å². The largest absolute Gasteiger partial charge is 0.330 e. The number of piperidine rings is 1. The van der Waals surface area contributed by atoms with Gasteiger partial charge in [0.1, 0.15) is 0 Å². The number of likely N-dealkylation sites (tertiary alicyclic amines) is 1. The van der Waals surface area contributed by atoms with E-state index in [1.807, 2.05) is 60.7 Å². The van der Waals surface area contributed by atoms with Crippen LogP contribution in [-0.4, -0.2) is 35.6 Å². The molecule has 3 aromatic rings. The van der Waals surface area contributed by atoms with Crippen molar-refractivity contribution in [3.63, 3.8) is 0 Å². The second kappa shape index (κ2) is 11.7. The average molecular weight is 517 g/mol. The molecule has 0 aliphatic carbocycles. The van der Waals surface area contributed by atoms with Gasteiger partial charge in [-0.05, 0) is 41.5 Å². The third-order valence-corrected chi connectivity index (χ3v) is 6.20. The van der Waals surface area contributed by atoms with E-state index in [2.05, 4.69) is 5.32 Å². The van der Waals surface area contributed by atoms with Gasteiger partial charge in [-0.15, -0.1) is 0 Å². The summed E-state index contributed by atoms with van der Waals surface area (Å²) in [5, 5.41) is 3.32. The van der Waals surface area contributed by atoms with Crippen molar-refractivity contribution < 1.29 is 14.4 Å². The number of rotatable bonds is 5. The number of Topliss-reactive ketones (excluding diaryl/α,β-unsaturated/α-hetero) is 1. The van der Waals surface area contributed by atoms with Crippen molar-refractivity contribution in [3.05, 3.63) is 123 Å². The number of carbonyl (C=O) groups excluding carboxylic acids is 3. The number of amides is 2. The highest BCUT2D eigenvalue weighted by Gasteiger charge is 2.28. The second-order valence-corrected chi connectivity index (χ2v) is 8.95. The lowest BCUT2D eigenvalue weighted by atomic mass is 9.94. The minimum Gasteiger partial charge on any atom is -0.330 e. The molecule has 5 nitrogen and oxygen atoms in total. The molecular weight excluding hydrogens is 495 g/mol. The number of nitrogens with one attached hydrogen (secondary N) is 1. The summed E-state index contributed by atoms with van der Waals surface area (Å²) in [4.78, 5) is 40.1. The molecule has 7 heteroatoms. The monoisotopic (exact) mass is 516 g/mol. The quantitative estimate of drug-likeness (QED) is 0.418. The van der Waals surface area contributed by atoms with Crippen LogP contribution in [0.15, 0.2) is 102 Å². The Morgan fingerprint density at radius 3 is 1.83 bits per heavy atom. The zero-order chi connectivity index (χ0) is 25.5. The lowest BCUT2D eigenvalue weighted by Gasteiger charge is -2.29. The molecule has 0 atom stereocenters. The van der Waals surface area contributed by atoms with Crippen LogP contribution in [0.4, 0.5) is 5.69 Å². The van der Waals surface area contributed by atoms with Crippen LogP contribution in [0.5, 0.6) is 0 Å². The number of hydrogen-bond donors (Lipinski definition) is 1. The van der Waals surface area contributed by atoms with E-state index in [4.69, 9.17) is 23.2 Å². The van der Waals surface area contributed by atoms with Crippen molar-refractivity contribution in [1.29, 1.82) is 0 Å². The number of halogens is 2. The topological polar surface area (TPSA) is 66.5 Å². The van der Waals surface area contributed by atoms with E-state index in [-0.39, 0.29) is 24.8 Å². The summed E-state index contributed by atoms with van der Waals surface area (Å²) in [5.41, 5.74) is 3.18. The minimum absolute atomic E-state index is 0.104. The molecule has 1 heterocycles. The molecule has 1 saturated heterocycles. The molecule has 0 unspecified atom stereocenters. The summed E-state index contributed by atoms with van der Waals surface area (Å²) in [6.45, 7) is 0.273. The fraction of sp³-hybridized carbons (Fsp3) is 0.0690. The summed E-state index contributed by atoms with van der Waals surface area (Å²) in [5.74, 6) is -0.979. The lowest BCUT2D eigenvalue weighted by molar-refractivity contribution is -0.126. The molecule has 4 rings (SSSR count). The van der Waals surface area contributed by atoms with Crippen molar-refractivity contribution in [2.45, 2.75) is 0 Å². The average Bonchev–Trinajstić information content (AvgIpc) is 2.88. The SMILES string of the molecule is O=C(/C=C/C(=O)N1C/C(=C\c2ccccc2)C(=O)/C(=C/c2ccccc2)C1)Nc1ccc(Cl)c(Cl)c1. The zero-order valence-corrected chi connectivity index (χ0v) is 20.7. The van der Waals surface area contributed by atoms with Crippen molar-refractivity contribution in [2.75, 3.05) is 18.4 Å². The van der Waals surface area contributed by atoms with Crippen molar-refractivity contribution >= 4 is 58.6 Å². The Morgan fingerprint density at radius 2 is 1.31 bits per heavy atom. The van der Waals surface area contributed by atoms with E-state index in [9.17, 15) is 14.4 Å². The van der Waals surface area contributed by atoms with E-state index in [1.165, 1.54) is 17.0 Å². The number of hydrogen-bond acceptors (Lipinski definition) is 3. The summed E-state index contributed by atoms with van der Waals surface area (Å²) < 4.78 is 0.